The minimum atomic E-state index is -0.538. The molecule has 1 aromatic carbocycles. The zero-order valence-corrected chi connectivity index (χ0v) is 13.4. The zero-order chi connectivity index (χ0) is 17.1. The normalized spacial score (nSPS) is 17.0. The van der Waals surface area contributed by atoms with Gasteiger partial charge in [0.2, 0.25) is 0 Å². The van der Waals surface area contributed by atoms with Crippen LogP contribution in [0.4, 0.5) is 0 Å². The second-order valence-corrected chi connectivity index (χ2v) is 5.81. The van der Waals surface area contributed by atoms with Crippen LogP contribution in [-0.4, -0.2) is 40.0 Å². The molecule has 126 valence electrons. The first-order chi connectivity index (χ1) is 11.5. The fourth-order valence-corrected chi connectivity index (χ4v) is 2.65. The number of hydrogen-bond donors (Lipinski definition) is 2. The molecule has 1 aliphatic rings. The van der Waals surface area contributed by atoms with Crippen molar-refractivity contribution in [2.45, 2.75) is 25.9 Å². The molecule has 2 heterocycles. The van der Waals surface area contributed by atoms with E-state index in [9.17, 15) is 14.7 Å². The number of aromatic nitrogens is 2. The molecule has 7 nitrogen and oxygen atoms in total. The van der Waals surface area contributed by atoms with Crippen molar-refractivity contribution in [2.24, 2.45) is 0 Å². The lowest BCUT2D eigenvalue weighted by molar-refractivity contribution is 0.0849. The van der Waals surface area contributed by atoms with Gasteiger partial charge in [0.25, 0.3) is 11.5 Å². The Morgan fingerprint density at radius 3 is 3.00 bits per heavy atom. The highest BCUT2D eigenvalue weighted by molar-refractivity contribution is 5.94. The molecule has 1 fully saturated rings. The maximum absolute atomic E-state index is 12.3. The predicted octanol–water partition coefficient (Wildman–Crippen LogP) is 1.16. The van der Waals surface area contributed by atoms with Gasteiger partial charge < -0.3 is 15.2 Å². The van der Waals surface area contributed by atoms with Gasteiger partial charge in [-0.05, 0) is 37.5 Å². The summed E-state index contributed by atoms with van der Waals surface area (Å²) in [6.45, 7) is 2.94. The molecule has 24 heavy (non-hydrogen) atoms. The largest absolute Gasteiger partial charge is 0.505 e. The molecule has 2 aromatic rings. The third-order valence-electron chi connectivity index (χ3n) is 3.89. The highest BCUT2D eigenvalue weighted by Crippen LogP contribution is 2.14. The van der Waals surface area contributed by atoms with Crippen LogP contribution in [0.15, 0.2) is 35.1 Å². The predicted molar refractivity (Wildman–Crippen MR) is 87.5 cm³/mol. The van der Waals surface area contributed by atoms with E-state index >= 15 is 0 Å². The summed E-state index contributed by atoms with van der Waals surface area (Å²) in [6, 6.07) is 8.18. The molecular weight excluding hydrogens is 310 g/mol. The fourth-order valence-electron chi connectivity index (χ4n) is 2.65. The van der Waals surface area contributed by atoms with Gasteiger partial charge in [-0.25, -0.2) is 0 Å². The van der Waals surface area contributed by atoms with E-state index < -0.39 is 17.2 Å². The van der Waals surface area contributed by atoms with Crippen LogP contribution in [0.3, 0.4) is 0 Å². The van der Waals surface area contributed by atoms with Gasteiger partial charge in [0.05, 0.1) is 11.8 Å². The van der Waals surface area contributed by atoms with Crippen molar-refractivity contribution < 1.29 is 14.6 Å². The van der Waals surface area contributed by atoms with E-state index in [1.54, 1.807) is 18.2 Å². The molecule has 0 saturated carbocycles. The number of ether oxygens (including phenoxy) is 1. The van der Waals surface area contributed by atoms with Crippen LogP contribution < -0.4 is 10.9 Å². The number of aromatic hydroxyl groups is 1. The molecule has 0 bridgehead atoms. The van der Waals surface area contributed by atoms with Crippen LogP contribution in [0.5, 0.6) is 5.75 Å². The lowest BCUT2D eigenvalue weighted by atomic mass is 10.2. The fraction of sp³-hybridized carbons (Fsp3) is 0.353. The maximum atomic E-state index is 12.3. The van der Waals surface area contributed by atoms with Crippen molar-refractivity contribution in [3.8, 4) is 11.4 Å². The number of carbonyl (C=O) groups is 1. The second-order valence-electron chi connectivity index (χ2n) is 5.81. The van der Waals surface area contributed by atoms with Gasteiger partial charge in [-0.1, -0.05) is 12.1 Å². The van der Waals surface area contributed by atoms with Crippen LogP contribution in [-0.2, 0) is 4.74 Å². The highest BCUT2D eigenvalue weighted by Gasteiger charge is 2.20. The lowest BCUT2D eigenvalue weighted by Crippen LogP contribution is -2.34. The Morgan fingerprint density at radius 1 is 1.46 bits per heavy atom. The molecule has 1 aliphatic heterocycles. The van der Waals surface area contributed by atoms with Crippen LogP contribution >= 0.6 is 0 Å². The number of hydrogen-bond acceptors (Lipinski definition) is 5. The molecule has 0 radical (unpaired) electrons. The third kappa shape index (κ3) is 3.46. The molecule has 1 unspecified atom stereocenters. The minimum Gasteiger partial charge on any atom is -0.505 e. The quantitative estimate of drug-likeness (QED) is 0.878. The van der Waals surface area contributed by atoms with E-state index in [1.165, 1.54) is 0 Å². The van der Waals surface area contributed by atoms with Crippen molar-refractivity contribution >= 4 is 5.91 Å². The molecule has 7 heteroatoms. The smallest absolute Gasteiger partial charge is 0.275 e. The summed E-state index contributed by atoms with van der Waals surface area (Å²) in [6.07, 6.45) is 1.85. The Morgan fingerprint density at radius 2 is 2.29 bits per heavy atom. The number of benzene rings is 1. The number of aryl methyl sites for hydroxylation is 1. The van der Waals surface area contributed by atoms with Gasteiger partial charge in [0.1, 0.15) is 0 Å². The minimum absolute atomic E-state index is 0.0150. The Balaban J connectivity index is 1.86. The molecule has 1 amide bonds. The SMILES string of the molecule is Cc1cccc(-n2nc(C(=O)NCC3CCCO3)c(O)cc2=O)c1. The van der Waals surface area contributed by atoms with E-state index in [0.29, 0.717) is 18.8 Å². The first kappa shape index (κ1) is 16.2. The van der Waals surface area contributed by atoms with E-state index in [4.69, 9.17) is 4.74 Å². The monoisotopic (exact) mass is 329 g/mol. The average molecular weight is 329 g/mol. The van der Waals surface area contributed by atoms with Gasteiger partial charge in [-0.15, -0.1) is 0 Å². The van der Waals surface area contributed by atoms with Crippen molar-refractivity contribution in [3.05, 3.63) is 51.9 Å². The van der Waals surface area contributed by atoms with Crippen LogP contribution in [0, 0.1) is 6.92 Å². The first-order valence-corrected chi connectivity index (χ1v) is 7.85. The summed E-state index contributed by atoms with van der Waals surface area (Å²) < 4.78 is 6.55. The van der Waals surface area contributed by atoms with Crippen LogP contribution in [0.2, 0.25) is 0 Å². The maximum Gasteiger partial charge on any atom is 0.275 e. The molecule has 0 aliphatic carbocycles. The summed E-state index contributed by atoms with van der Waals surface area (Å²) in [5.74, 6) is -0.974. The number of nitrogens with zero attached hydrogens (tertiary/aromatic N) is 2. The molecular formula is C17H19N3O4. The van der Waals surface area contributed by atoms with Crippen LogP contribution in [0.1, 0.15) is 28.9 Å². The standard InChI is InChI=1S/C17H19N3O4/c1-11-4-2-5-12(8-11)20-15(22)9-14(21)16(19-20)17(23)18-10-13-6-3-7-24-13/h2,4-5,8-9,13,21H,3,6-7,10H2,1H3,(H,18,23). The van der Waals surface area contributed by atoms with Crippen LogP contribution in [0.25, 0.3) is 5.69 Å². The number of nitrogens with one attached hydrogen (secondary N) is 1. The van der Waals surface area contributed by atoms with Gasteiger partial charge in [-0.3, -0.25) is 9.59 Å². The summed E-state index contributed by atoms with van der Waals surface area (Å²) in [5, 5.41) is 16.6. The number of carbonyl (C=O) groups excluding carboxylic acids is 1. The van der Waals surface area contributed by atoms with E-state index in [-0.39, 0.29) is 11.8 Å². The van der Waals surface area contributed by atoms with Crippen molar-refractivity contribution in [1.82, 2.24) is 15.1 Å². The summed E-state index contributed by atoms with van der Waals surface area (Å²) in [7, 11) is 0. The highest BCUT2D eigenvalue weighted by atomic mass is 16.5. The van der Waals surface area contributed by atoms with Crippen molar-refractivity contribution in [3.63, 3.8) is 0 Å². The Bertz CT molecular complexity index is 810. The third-order valence-corrected chi connectivity index (χ3v) is 3.89. The van der Waals surface area contributed by atoms with Crippen molar-refractivity contribution in [2.75, 3.05) is 13.2 Å². The first-order valence-electron chi connectivity index (χ1n) is 7.85. The second kappa shape index (κ2) is 6.84. The van der Waals surface area contributed by atoms with Gasteiger partial charge in [-0.2, -0.15) is 9.78 Å². The Labute approximate surface area is 138 Å². The summed E-state index contributed by atoms with van der Waals surface area (Å²) in [4.78, 5) is 24.4. The molecule has 3 rings (SSSR count). The zero-order valence-electron chi connectivity index (χ0n) is 13.4. The van der Waals surface area contributed by atoms with E-state index in [1.807, 2.05) is 13.0 Å². The van der Waals surface area contributed by atoms with Crippen molar-refractivity contribution in [1.29, 1.82) is 0 Å². The van der Waals surface area contributed by atoms with E-state index in [0.717, 1.165) is 29.2 Å². The molecule has 1 atom stereocenters. The number of amides is 1. The number of rotatable bonds is 4. The van der Waals surface area contributed by atoms with E-state index in [2.05, 4.69) is 10.4 Å². The van der Waals surface area contributed by atoms with Gasteiger partial charge in [0.15, 0.2) is 11.4 Å². The molecule has 1 aromatic heterocycles. The molecule has 1 saturated heterocycles. The average Bonchev–Trinajstić information content (AvgIpc) is 3.06. The molecule has 2 N–H and O–H groups in total. The lowest BCUT2D eigenvalue weighted by Gasteiger charge is -2.12. The van der Waals surface area contributed by atoms with Gasteiger partial charge in [0, 0.05) is 19.2 Å². The summed E-state index contributed by atoms with van der Waals surface area (Å²) in [5.41, 5.74) is 0.801. The summed E-state index contributed by atoms with van der Waals surface area (Å²) >= 11 is 0. The Kier molecular flexibility index (Phi) is 4.61. The Hall–Kier alpha value is -2.67. The topological polar surface area (TPSA) is 93.5 Å². The molecule has 0 spiro atoms. The van der Waals surface area contributed by atoms with Gasteiger partial charge >= 0.3 is 0 Å².